The van der Waals surface area contributed by atoms with Crippen molar-refractivity contribution in [3.8, 4) is 6.07 Å². The van der Waals surface area contributed by atoms with Gasteiger partial charge >= 0.3 is 0 Å². The second-order valence-electron chi connectivity index (χ2n) is 10.8. The number of halogens is 2. The minimum absolute atomic E-state index is 0.0211. The van der Waals surface area contributed by atoms with E-state index in [-0.39, 0.29) is 11.5 Å². The molecule has 0 amide bonds. The third kappa shape index (κ3) is 5.54. The number of hydrogen-bond acceptors (Lipinski definition) is 8. The zero-order chi connectivity index (χ0) is 26.3. The van der Waals surface area contributed by atoms with Gasteiger partial charge in [0.05, 0.1) is 33.5 Å². The zero-order valence-corrected chi connectivity index (χ0v) is 22.8. The van der Waals surface area contributed by atoms with Crippen molar-refractivity contribution in [1.82, 2.24) is 25.9 Å². The molecular formula is C27H30Cl2N8. The summed E-state index contributed by atoms with van der Waals surface area (Å²) in [7, 11) is 0. The number of aryl methyl sites for hydroxylation is 1. The summed E-state index contributed by atoms with van der Waals surface area (Å²) in [5.74, 6) is 0. The topological polar surface area (TPSA) is 101 Å². The highest BCUT2D eigenvalue weighted by Gasteiger charge is 2.33. The molecule has 3 heterocycles. The molecule has 5 rings (SSSR count). The molecule has 0 spiro atoms. The zero-order valence-electron chi connectivity index (χ0n) is 21.3. The Kier molecular flexibility index (Phi) is 6.80. The minimum atomic E-state index is -0.257. The highest BCUT2D eigenvalue weighted by molar-refractivity contribution is 6.35. The van der Waals surface area contributed by atoms with Crippen LogP contribution in [0.5, 0.6) is 0 Å². The van der Waals surface area contributed by atoms with Gasteiger partial charge in [0.1, 0.15) is 11.2 Å². The van der Waals surface area contributed by atoms with E-state index in [0.29, 0.717) is 33.8 Å². The molecule has 2 aromatic heterocycles. The summed E-state index contributed by atoms with van der Waals surface area (Å²) in [6, 6.07) is 10.1. The summed E-state index contributed by atoms with van der Waals surface area (Å²) in [4.78, 5) is 8.97. The van der Waals surface area contributed by atoms with Gasteiger partial charge in [0.2, 0.25) is 0 Å². The molecular weight excluding hydrogens is 507 g/mol. The first-order valence-electron chi connectivity index (χ1n) is 12.3. The van der Waals surface area contributed by atoms with Gasteiger partial charge in [-0.25, -0.2) is 4.98 Å². The fourth-order valence-electron chi connectivity index (χ4n) is 4.35. The van der Waals surface area contributed by atoms with Gasteiger partial charge in [0, 0.05) is 47.3 Å². The van der Waals surface area contributed by atoms with Crippen LogP contribution in [0, 0.1) is 23.7 Å². The molecule has 192 valence electrons. The first kappa shape index (κ1) is 25.4. The van der Waals surface area contributed by atoms with Crippen molar-refractivity contribution in [2.75, 3.05) is 17.2 Å². The number of nitriles is 1. The normalized spacial score (nSPS) is 16.2. The molecule has 1 aromatic carbocycles. The third-order valence-corrected chi connectivity index (χ3v) is 6.91. The van der Waals surface area contributed by atoms with E-state index in [1.807, 2.05) is 25.1 Å². The predicted molar refractivity (Wildman–Crippen MR) is 149 cm³/mol. The van der Waals surface area contributed by atoms with Crippen molar-refractivity contribution in [2.45, 2.75) is 52.6 Å². The van der Waals surface area contributed by atoms with Gasteiger partial charge in [-0.3, -0.25) is 9.99 Å². The molecule has 0 saturated heterocycles. The smallest absolute Gasteiger partial charge is 0.129 e. The summed E-state index contributed by atoms with van der Waals surface area (Å²) < 4.78 is 0. The summed E-state index contributed by atoms with van der Waals surface area (Å²) in [5.41, 5.74) is 12.0. The predicted octanol–water partition coefficient (Wildman–Crippen LogP) is 6.06. The molecule has 1 fully saturated rings. The van der Waals surface area contributed by atoms with Gasteiger partial charge in [-0.15, -0.1) is 5.53 Å². The monoisotopic (exact) mass is 536 g/mol. The van der Waals surface area contributed by atoms with Crippen molar-refractivity contribution in [1.29, 1.82) is 5.26 Å². The standard InChI is InChI=1S/C27H30Cl2N8/c1-15-19(7-8-23(29)33-15)26(22-13-37(36-35-22)18-5-6-18)34-17-9-20-24(32-14-27(2,3)4)16(11-30)12-31-25(20)21(28)10-17/h7-10,12-13,18,26,34-36H,5-6,14H2,1-4H3,(H,31,32)/t26-/m0/s1. The summed E-state index contributed by atoms with van der Waals surface area (Å²) in [6.45, 7) is 9.06. The van der Waals surface area contributed by atoms with Gasteiger partial charge in [0.15, 0.2) is 0 Å². The molecule has 0 radical (unpaired) electrons. The van der Waals surface area contributed by atoms with Crippen molar-refractivity contribution in [2.24, 2.45) is 5.41 Å². The molecule has 3 aromatic rings. The molecule has 4 N–H and O–H groups in total. The van der Waals surface area contributed by atoms with E-state index in [2.05, 4.69) is 69.6 Å². The summed E-state index contributed by atoms with van der Waals surface area (Å²) in [5, 5.41) is 20.7. The minimum Gasteiger partial charge on any atom is -0.383 e. The molecule has 1 saturated carbocycles. The lowest BCUT2D eigenvalue weighted by Gasteiger charge is -2.24. The quantitative estimate of drug-likeness (QED) is 0.270. The maximum atomic E-state index is 9.79. The van der Waals surface area contributed by atoms with Crippen LogP contribution < -0.4 is 21.6 Å². The van der Waals surface area contributed by atoms with E-state index in [1.165, 1.54) is 0 Å². The Balaban J connectivity index is 1.57. The van der Waals surface area contributed by atoms with Gasteiger partial charge < -0.3 is 16.1 Å². The maximum absolute atomic E-state index is 9.79. The molecule has 1 aliphatic carbocycles. The molecule has 10 heteroatoms. The number of benzene rings is 1. The highest BCUT2D eigenvalue weighted by atomic mass is 35.5. The van der Waals surface area contributed by atoms with Crippen molar-refractivity contribution in [3.63, 3.8) is 0 Å². The molecule has 0 unspecified atom stereocenters. The largest absolute Gasteiger partial charge is 0.383 e. The Morgan fingerprint density at radius 2 is 2.03 bits per heavy atom. The Morgan fingerprint density at radius 1 is 1.24 bits per heavy atom. The molecule has 0 bridgehead atoms. The van der Waals surface area contributed by atoms with Gasteiger partial charge in [-0.05, 0) is 43.4 Å². The fourth-order valence-corrected chi connectivity index (χ4v) is 4.81. The van der Waals surface area contributed by atoms with Crippen molar-refractivity contribution >= 4 is 45.5 Å². The number of hydrogen-bond donors (Lipinski definition) is 4. The number of hydrazine groups is 2. The lowest BCUT2D eigenvalue weighted by atomic mass is 9.96. The van der Waals surface area contributed by atoms with Crippen LogP contribution >= 0.6 is 23.2 Å². The van der Waals surface area contributed by atoms with Crippen LogP contribution in [-0.2, 0) is 0 Å². The Hall–Kier alpha value is -3.25. The van der Waals surface area contributed by atoms with E-state index in [1.54, 1.807) is 12.3 Å². The number of fused-ring (bicyclic) bond motifs is 1. The van der Waals surface area contributed by atoms with Crippen LogP contribution in [0.4, 0.5) is 11.4 Å². The molecule has 8 nitrogen and oxygen atoms in total. The van der Waals surface area contributed by atoms with Crippen LogP contribution in [0.25, 0.3) is 10.9 Å². The average molecular weight is 537 g/mol. The number of aromatic nitrogens is 2. The van der Waals surface area contributed by atoms with Crippen molar-refractivity contribution < 1.29 is 0 Å². The average Bonchev–Trinajstić information content (AvgIpc) is 3.57. The lowest BCUT2D eigenvalue weighted by Crippen LogP contribution is -2.38. The van der Waals surface area contributed by atoms with E-state index in [4.69, 9.17) is 23.2 Å². The molecule has 37 heavy (non-hydrogen) atoms. The highest BCUT2D eigenvalue weighted by Crippen LogP contribution is 2.37. The van der Waals surface area contributed by atoms with Crippen molar-refractivity contribution in [3.05, 3.63) is 69.4 Å². The summed E-state index contributed by atoms with van der Waals surface area (Å²) >= 11 is 12.9. The van der Waals surface area contributed by atoms with Crippen LogP contribution in [0.1, 0.15) is 56.5 Å². The van der Waals surface area contributed by atoms with Crippen LogP contribution in [0.2, 0.25) is 10.2 Å². The van der Waals surface area contributed by atoms with Crippen LogP contribution in [-0.4, -0.2) is 27.6 Å². The van der Waals surface area contributed by atoms with E-state index >= 15 is 0 Å². The fraction of sp³-hybridized carbons (Fsp3) is 0.370. The van der Waals surface area contributed by atoms with Gasteiger partial charge in [-0.2, -0.15) is 5.26 Å². The Bertz CT molecular complexity index is 1420. The molecule has 2 aliphatic rings. The third-order valence-electron chi connectivity index (χ3n) is 6.41. The van der Waals surface area contributed by atoms with Crippen LogP contribution in [0.15, 0.2) is 42.4 Å². The second kappa shape index (κ2) is 9.90. The SMILES string of the molecule is Cc1nc(Cl)ccc1[C@H](Nc1cc(Cl)c2ncc(C#N)c(NCC(C)(C)C)c2c1)C1=CN(C2CC2)NN1. The Labute approximate surface area is 227 Å². The number of rotatable bonds is 7. The number of nitrogens with zero attached hydrogens (tertiary/aromatic N) is 4. The van der Waals surface area contributed by atoms with E-state index in [0.717, 1.165) is 46.6 Å². The number of anilines is 2. The number of pyridine rings is 2. The number of nitrogens with one attached hydrogen (secondary N) is 4. The maximum Gasteiger partial charge on any atom is 0.129 e. The van der Waals surface area contributed by atoms with Gasteiger partial charge in [-0.1, -0.05) is 50.0 Å². The first-order chi connectivity index (χ1) is 17.6. The summed E-state index contributed by atoms with van der Waals surface area (Å²) in [6.07, 6.45) is 5.99. The lowest BCUT2D eigenvalue weighted by molar-refractivity contribution is 0.260. The second-order valence-corrected chi connectivity index (χ2v) is 11.6. The molecule has 1 atom stereocenters. The molecule has 1 aliphatic heterocycles. The Morgan fingerprint density at radius 3 is 2.70 bits per heavy atom. The van der Waals surface area contributed by atoms with Crippen LogP contribution in [0.3, 0.4) is 0 Å². The first-order valence-corrected chi connectivity index (χ1v) is 13.1. The van der Waals surface area contributed by atoms with E-state index in [9.17, 15) is 5.26 Å². The van der Waals surface area contributed by atoms with Gasteiger partial charge in [0.25, 0.3) is 0 Å². The van der Waals surface area contributed by atoms with E-state index < -0.39 is 0 Å².